The fourth-order valence-corrected chi connectivity index (χ4v) is 4.18. The van der Waals surface area contributed by atoms with E-state index in [-0.39, 0.29) is 23.6 Å². The third-order valence-corrected chi connectivity index (χ3v) is 5.95. The van der Waals surface area contributed by atoms with E-state index >= 15 is 0 Å². The number of carbonyl (C=O) groups excluding carboxylic acids is 2. The molecule has 168 valence electrons. The molecule has 2 amide bonds. The molecule has 0 saturated carbocycles. The predicted octanol–water partition coefficient (Wildman–Crippen LogP) is 4.91. The summed E-state index contributed by atoms with van der Waals surface area (Å²) in [5.41, 5.74) is 2.03. The molecule has 0 heterocycles. The highest BCUT2D eigenvalue weighted by atomic mass is 35.5. The van der Waals surface area contributed by atoms with Gasteiger partial charge in [-0.3, -0.25) is 9.59 Å². The Hall–Kier alpha value is -2.18. The van der Waals surface area contributed by atoms with Crippen molar-refractivity contribution < 1.29 is 14.3 Å². The molecule has 0 radical (unpaired) electrons. The Morgan fingerprint density at radius 3 is 2.45 bits per heavy atom. The first-order chi connectivity index (χ1) is 14.8. The van der Waals surface area contributed by atoms with E-state index in [0.29, 0.717) is 23.7 Å². The van der Waals surface area contributed by atoms with Crippen molar-refractivity contribution in [1.29, 1.82) is 0 Å². The van der Waals surface area contributed by atoms with Crippen molar-refractivity contribution in [3.05, 3.63) is 64.7 Å². The van der Waals surface area contributed by atoms with E-state index < -0.39 is 6.04 Å². The van der Waals surface area contributed by atoms with Gasteiger partial charge in [0.05, 0.1) is 12.9 Å². The van der Waals surface area contributed by atoms with Crippen LogP contribution in [0.4, 0.5) is 0 Å². The number of amides is 2. The standard InChI is InChI=1S/C24H31ClN2O3S/c1-5-22(24(29)26-17(2)3)27(14-19-7-6-8-21(13-19)30-4)23(28)16-31-15-18-9-11-20(25)12-10-18/h6-13,17,22H,5,14-16H2,1-4H3,(H,26,29)/t22-/m1/s1. The molecule has 0 aliphatic rings. The smallest absolute Gasteiger partial charge is 0.243 e. The van der Waals surface area contributed by atoms with Crippen molar-refractivity contribution in [2.24, 2.45) is 0 Å². The zero-order valence-corrected chi connectivity index (χ0v) is 20.1. The number of ether oxygens (including phenoxy) is 1. The van der Waals surface area contributed by atoms with Gasteiger partial charge in [0.25, 0.3) is 0 Å². The maximum atomic E-state index is 13.2. The minimum absolute atomic E-state index is 0.00889. The number of thioether (sulfide) groups is 1. The van der Waals surface area contributed by atoms with Crippen molar-refractivity contribution in [1.82, 2.24) is 10.2 Å². The number of carbonyl (C=O) groups is 2. The number of hydrogen-bond acceptors (Lipinski definition) is 4. The quantitative estimate of drug-likeness (QED) is 0.515. The average molecular weight is 463 g/mol. The van der Waals surface area contributed by atoms with Gasteiger partial charge in [0, 0.05) is 23.4 Å². The van der Waals surface area contributed by atoms with Crippen molar-refractivity contribution in [2.45, 2.75) is 51.6 Å². The lowest BCUT2D eigenvalue weighted by Crippen LogP contribution is -2.50. The van der Waals surface area contributed by atoms with Crippen LogP contribution in [0.3, 0.4) is 0 Å². The Morgan fingerprint density at radius 2 is 1.84 bits per heavy atom. The van der Waals surface area contributed by atoms with Crippen LogP contribution >= 0.6 is 23.4 Å². The highest BCUT2D eigenvalue weighted by Gasteiger charge is 2.28. The fraction of sp³-hybridized carbons (Fsp3) is 0.417. The van der Waals surface area contributed by atoms with Crippen LogP contribution < -0.4 is 10.1 Å². The molecule has 2 aromatic carbocycles. The molecule has 0 aliphatic heterocycles. The first-order valence-corrected chi connectivity index (χ1v) is 11.9. The summed E-state index contributed by atoms with van der Waals surface area (Å²) in [6.45, 7) is 6.11. The lowest BCUT2D eigenvalue weighted by molar-refractivity contribution is -0.139. The van der Waals surface area contributed by atoms with Gasteiger partial charge in [-0.1, -0.05) is 42.8 Å². The number of nitrogens with zero attached hydrogens (tertiary/aromatic N) is 1. The molecule has 0 spiro atoms. The third-order valence-electron chi connectivity index (χ3n) is 4.71. The molecule has 31 heavy (non-hydrogen) atoms. The highest BCUT2D eigenvalue weighted by Crippen LogP contribution is 2.20. The van der Waals surface area contributed by atoms with Crippen LogP contribution in [0.1, 0.15) is 38.3 Å². The molecule has 0 bridgehead atoms. The zero-order chi connectivity index (χ0) is 22.8. The molecule has 2 rings (SSSR count). The topological polar surface area (TPSA) is 58.6 Å². The first-order valence-electron chi connectivity index (χ1n) is 10.4. The van der Waals surface area contributed by atoms with E-state index in [0.717, 1.165) is 16.9 Å². The molecule has 1 N–H and O–H groups in total. The molecule has 0 fully saturated rings. The molecule has 2 aromatic rings. The van der Waals surface area contributed by atoms with Gasteiger partial charge in [-0.15, -0.1) is 11.8 Å². The van der Waals surface area contributed by atoms with Crippen LogP contribution in [-0.4, -0.2) is 41.7 Å². The van der Waals surface area contributed by atoms with Crippen molar-refractivity contribution in [2.75, 3.05) is 12.9 Å². The van der Waals surface area contributed by atoms with Crippen molar-refractivity contribution in [3.8, 4) is 5.75 Å². The van der Waals surface area contributed by atoms with Gasteiger partial charge < -0.3 is 15.0 Å². The zero-order valence-electron chi connectivity index (χ0n) is 18.6. The number of hydrogen-bond donors (Lipinski definition) is 1. The van der Waals surface area contributed by atoms with E-state index in [2.05, 4.69) is 5.32 Å². The Bertz CT molecular complexity index is 858. The van der Waals surface area contributed by atoms with Crippen LogP contribution in [0.2, 0.25) is 5.02 Å². The summed E-state index contributed by atoms with van der Waals surface area (Å²) in [5.74, 6) is 1.52. The second-order valence-corrected chi connectivity index (χ2v) is 9.00. The van der Waals surface area contributed by atoms with E-state index in [1.165, 1.54) is 11.8 Å². The second-order valence-electron chi connectivity index (χ2n) is 7.58. The van der Waals surface area contributed by atoms with Gasteiger partial charge in [0.2, 0.25) is 11.8 Å². The monoisotopic (exact) mass is 462 g/mol. The summed E-state index contributed by atoms with van der Waals surface area (Å²) in [5, 5.41) is 3.64. The number of methoxy groups -OCH3 is 1. The highest BCUT2D eigenvalue weighted by molar-refractivity contribution is 7.99. The van der Waals surface area contributed by atoms with Gasteiger partial charge in [-0.2, -0.15) is 0 Å². The van der Waals surface area contributed by atoms with E-state index in [1.807, 2.05) is 69.3 Å². The molecule has 0 unspecified atom stereocenters. The molecule has 1 atom stereocenters. The van der Waals surface area contributed by atoms with E-state index in [1.54, 1.807) is 12.0 Å². The Morgan fingerprint density at radius 1 is 1.13 bits per heavy atom. The number of nitrogens with one attached hydrogen (secondary N) is 1. The number of rotatable bonds is 11. The molecule has 0 aliphatic carbocycles. The van der Waals surface area contributed by atoms with Crippen LogP contribution in [0.5, 0.6) is 5.75 Å². The van der Waals surface area contributed by atoms with Gasteiger partial charge in [0.15, 0.2) is 0 Å². The second kappa shape index (κ2) is 12.6. The van der Waals surface area contributed by atoms with E-state index in [9.17, 15) is 9.59 Å². The molecule has 5 nitrogen and oxygen atoms in total. The summed E-state index contributed by atoms with van der Waals surface area (Å²) in [7, 11) is 1.61. The summed E-state index contributed by atoms with van der Waals surface area (Å²) in [4.78, 5) is 27.7. The Balaban J connectivity index is 2.14. The van der Waals surface area contributed by atoms with Crippen molar-refractivity contribution >= 4 is 35.2 Å². The Labute approximate surface area is 194 Å². The van der Waals surface area contributed by atoms with Crippen LogP contribution in [0.15, 0.2) is 48.5 Å². The third kappa shape index (κ3) is 8.11. The SMILES string of the molecule is CC[C@H](C(=O)NC(C)C)N(Cc1cccc(OC)c1)C(=O)CSCc1ccc(Cl)cc1. The molecule has 0 saturated heterocycles. The maximum absolute atomic E-state index is 13.2. The lowest BCUT2D eigenvalue weighted by Gasteiger charge is -2.31. The van der Waals surface area contributed by atoms with Crippen LogP contribution in [0, 0.1) is 0 Å². The molecule has 0 aromatic heterocycles. The van der Waals surface area contributed by atoms with Gasteiger partial charge in [-0.05, 0) is 55.7 Å². The average Bonchev–Trinajstić information content (AvgIpc) is 2.74. The molecular formula is C24H31ClN2O3S. The van der Waals surface area contributed by atoms with Gasteiger partial charge >= 0.3 is 0 Å². The Kier molecular flexibility index (Phi) is 10.2. The number of halogens is 1. The number of benzene rings is 2. The van der Waals surface area contributed by atoms with Crippen LogP contribution in [-0.2, 0) is 21.9 Å². The summed E-state index contributed by atoms with van der Waals surface area (Å²) in [6, 6.07) is 14.7. The largest absolute Gasteiger partial charge is 0.497 e. The van der Waals surface area contributed by atoms with E-state index in [4.69, 9.17) is 16.3 Å². The molecular weight excluding hydrogens is 432 g/mol. The molecule has 7 heteroatoms. The summed E-state index contributed by atoms with van der Waals surface area (Å²) < 4.78 is 5.31. The summed E-state index contributed by atoms with van der Waals surface area (Å²) in [6.07, 6.45) is 0.538. The van der Waals surface area contributed by atoms with Crippen LogP contribution in [0.25, 0.3) is 0 Å². The minimum atomic E-state index is -0.530. The van der Waals surface area contributed by atoms with Gasteiger partial charge in [0.1, 0.15) is 11.8 Å². The normalized spacial score (nSPS) is 11.8. The summed E-state index contributed by atoms with van der Waals surface area (Å²) >= 11 is 7.47. The van der Waals surface area contributed by atoms with Gasteiger partial charge in [-0.25, -0.2) is 0 Å². The van der Waals surface area contributed by atoms with Crippen molar-refractivity contribution in [3.63, 3.8) is 0 Å². The fourth-order valence-electron chi connectivity index (χ4n) is 3.19. The predicted molar refractivity (Wildman–Crippen MR) is 129 cm³/mol. The maximum Gasteiger partial charge on any atom is 0.243 e. The first kappa shape index (κ1) is 25.1. The lowest BCUT2D eigenvalue weighted by atomic mass is 10.1. The minimum Gasteiger partial charge on any atom is -0.497 e.